The van der Waals surface area contributed by atoms with Crippen molar-refractivity contribution in [2.45, 2.75) is 44.8 Å². The van der Waals surface area contributed by atoms with Crippen LogP contribution in [0.15, 0.2) is 12.1 Å². The summed E-state index contributed by atoms with van der Waals surface area (Å²) in [5, 5.41) is 6.44. The maximum Gasteiger partial charge on any atom is 0.183 e. The second-order valence-electron chi connectivity index (χ2n) is 5.11. The van der Waals surface area contributed by atoms with Gasteiger partial charge in [-0.1, -0.05) is 0 Å². The molecule has 1 heterocycles. The van der Waals surface area contributed by atoms with Gasteiger partial charge in [-0.3, -0.25) is 0 Å². The molecule has 1 fully saturated rings. The Morgan fingerprint density at radius 3 is 2.44 bits per heavy atom. The Morgan fingerprint density at radius 2 is 1.83 bits per heavy atom. The van der Waals surface area contributed by atoms with Crippen LogP contribution in [0.5, 0.6) is 0 Å². The van der Waals surface area contributed by atoms with Gasteiger partial charge in [0.05, 0.1) is 11.4 Å². The molecule has 2 rings (SSSR count). The Hall–Kier alpha value is -1.36. The van der Waals surface area contributed by atoms with Gasteiger partial charge >= 0.3 is 0 Å². The Kier molecular flexibility index (Phi) is 3.71. The lowest BCUT2D eigenvalue weighted by Crippen LogP contribution is -2.46. The van der Waals surface area contributed by atoms with Gasteiger partial charge in [0.15, 0.2) is 11.6 Å². The molecule has 0 amide bonds. The fourth-order valence-corrected chi connectivity index (χ4v) is 2.61. The van der Waals surface area contributed by atoms with E-state index in [0.29, 0.717) is 12.1 Å². The third kappa shape index (κ3) is 2.72. The zero-order valence-corrected chi connectivity index (χ0v) is 10.6. The van der Waals surface area contributed by atoms with Crippen LogP contribution in [0, 0.1) is 11.6 Å². The van der Waals surface area contributed by atoms with Crippen LogP contribution in [0.4, 0.5) is 20.2 Å². The highest BCUT2D eigenvalue weighted by molar-refractivity contribution is 5.67. The first-order chi connectivity index (χ1) is 8.47. The largest absolute Gasteiger partial charge is 0.397 e. The van der Waals surface area contributed by atoms with Crippen molar-refractivity contribution in [3.05, 3.63) is 23.8 Å². The molecular formula is C13H19F2N3. The minimum Gasteiger partial charge on any atom is -0.397 e. The van der Waals surface area contributed by atoms with Crippen LogP contribution < -0.4 is 16.4 Å². The average molecular weight is 255 g/mol. The van der Waals surface area contributed by atoms with Crippen molar-refractivity contribution in [2.24, 2.45) is 0 Å². The third-order valence-corrected chi connectivity index (χ3v) is 3.32. The van der Waals surface area contributed by atoms with E-state index in [-0.39, 0.29) is 17.4 Å². The van der Waals surface area contributed by atoms with Crippen molar-refractivity contribution in [1.82, 2.24) is 5.32 Å². The quantitative estimate of drug-likeness (QED) is 0.712. The minimum absolute atomic E-state index is 0.0845. The smallest absolute Gasteiger partial charge is 0.183 e. The molecule has 2 atom stereocenters. The van der Waals surface area contributed by atoms with Gasteiger partial charge in [0, 0.05) is 18.1 Å². The summed E-state index contributed by atoms with van der Waals surface area (Å²) in [6, 6.07) is 3.24. The second-order valence-corrected chi connectivity index (χ2v) is 5.11. The standard InChI is InChI=1S/C13H19F2N3/c1-7-5-9(6-8(2)17-7)18-13-11(16)4-3-10(14)12(13)15/h3-4,7-9,17-18H,5-6,16H2,1-2H3. The molecule has 1 saturated heterocycles. The summed E-state index contributed by atoms with van der Waals surface area (Å²) in [4.78, 5) is 0. The molecule has 0 aromatic heterocycles. The van der Waals surface area contributed by atoms with Crippen LogP contribution >= 0.6 is 0 Å². The summed E-state index contributed by atoms with van der Waals surface area (Å²) in [5.41, 5.74) is 6.02. The third-order valence-electron chi connectivity index (χ3n) is 3.32. The van der Waals surface area contributed by atoms with E-state index in [1.807, 2.05) is 0 Å². The predicted octanol–water partition coefficient (Wildman–Crippen LogP) is 2.49. The van der Waals surface area contributed by atoms with Gasteiger partial charge in [-0.15, -0.1) is 0 Å². The van der Waals surface area contributed by atoms with Crippen molar-refractivity contribution in [1.29, 1.82) is 0 Å². The van der Waals surface area contributed by atoms with E-state index in [2.05, 4.69) is 24.5 Å². The molecule has 2 unspecified atom stereocenters. The molecule has 0 spiro atoms. The normalized spacial score (nSPS) is 28.1. The highest BCUT2D eigenvalue weighted by Gasteiger charge is 2.24. The number of hydrogen-bond acceptors (Lipinski definition) is 3. The summed E-state index contributed by atoms with van der Waals surface area (Å²) >= 11 is 0. The van der Waals surface area contributed by atoms with Crippen molar-refractivity contribution in [3.8, 4) is 0 Å². The lowest BCUT2D eigenvalue weighted by Gasteiger charge is -2.34. The number of halogens is 2. The van der Waals surface area contributed by atoms with Crippen molar-refractivity contribution in [2.75, 3.05) is 11.1 Å². The number of anilines is 2. The summed E-state index contributed by atoms with van der Waals surface area (Å²) in [5.74, 6) is -1.77. The maximum atomic E-state index is 13.7. The molecule has 1 aromatic rings. The molecule has 5 heteroatoms. The summed E-state index contributed by atoms with van der Waals surface area (Å²) in [6.07, 6.45) is 1.72. The topological polar surface area (TPSA) is 50.1 Å². The zero-order chi connectivity index (χ0) is 13.3. The Bertz CT molecular complexity index is 426. The first-order valence-corrected chi connectivity index (χ1v) is 6.23. The minimum atomic E-state index is -0.895. The SMILES string of the molecule is CC1CC(Nc2c(N)ccc(F)c2F)CC(C)N1. The molecule has 4 N–H and O–H groups in total. The van der Waals surface area contributed by atoms with Gasteiger partial charge in [0.2, 0.25) is 0 Å². The fourth-order valence-electron chi connectivity index (χ4n) is 2.61. The van der Waals surface area contributed by atoms with Crippen molar-refractivity contribution < 1.29 is 8.78 Å². The predicted molar refractivity (Wildman–Crippen MR) is 69.5 cm³/mol. The van der Waals surface area contributed by atoms with Crippen molar-refractivity contribution in [3.63, 3.8) is 0 Å². The van der Waals surface area contributed by atoms with Gasteiger partial charge in [-0.2, -0.15) is 0 Å². The first-order valence-electron chi connectivity index (χ1n) is 6.23. The van der Waals surface area contributed by atoms with E-state index < -0.39 is 11.6 Å². The number of rotatable bonds is 2. The van der Waals surface area contributed by atoms with E-state index >= 15 is 0 Å². The highest BCUT2D eigenvalue weighted by atomic mass is 19.2. The molecule has 3 nitrogen and oxygen atoms in total. The molecular weight excluding hydrogens is 236 g/mol. The molecule has 0 aliphatic carbocycles. The molecule has 1 aliphatic rings. The van der Waals surface area contributed by atoms with Crippen molar-refractivity contribution >= 4 is 11.4 Å². The van der Waals surface area contributed by atoms with Gasteiger partial charge in [-0.05, 0) is 38.8 Å². The maximum absolute atomic E-state index is 13.7. The lowest BCUT2D eigenvalue weighted by atomic mass is 9.95. The summed E-state index contributed by atoms with van der Waals surface area (Å²) in [7, 11) is 0. The van der Waals surface area contributed by atoms with Gasteiger partial charge in [0.25, 0.3) is 0 Å². The molecule has 1 aliphatic heterocycles. The molecule has 1 aromatic carbocycles. The molecule has 0 saturated carbocycles. The molecule has 100 valence electrons. The zero-order valence-electron chi connectivity index (χ0n) is 10.6. The van der Waals surface area contributed by atoms with E-state index in [0.717, 1.165) is 18.9 Å². The van der Waals surface area contributed by atoms with Crippen LogP contribution in [0.3, 0.4) is 0 Å². The Morgan fingerprint density at radius 1 is 1.22 bits per heavy atom. The summed E-state index contributed by atoms with van der Waals surface area (Å²) in [6.45, 7) is 4.16. The van der Waals surface area contributed by atoms with Gasteiger partial charge in [-0.25, -0.2) is 8.78 Å². The lowest BCUT2D eigenvalue weighted by molar-refractivity contribution is 0.329. The van der Waals surface area contributed by atoms with Crippen LogP contribution in [0.2, 0.25) is 0 Å². The van der Waals surface area contributed by atoms with Crippen LogP contribution in [0.25, 0.3) is 0 Å². The highest BCUT2D eigenvalue weighted by Crippen LogP contribution is 2.27. The number of nitrogen functional groups attached to an aromatic ring is 1. The molecule has 18 heavy (non-hydrogen) atoms. The number of hydrogen-bond donors (Lipinski definition) is 3. The monoisotopic (exact) mass is 255 g/mol. The van der Waals surface area contributed by atoms with E-state index in [4.69, 9.17) is 5.73 Å². The van der Waals surface area contributed by atoms with Gasteiger partial charge in [0.1, 0.15) is 0 Å². The Labute approximate surface area is 106 Å². The van der Waals surface area contributed by atoms with E-state index in [1.54, 1.807) is 0 Å². The number of nitrogens with one attached hydrogen (secondary N) is 2. The average Bonchev–Trinajstić information content (AvgIpc) is 2.28. The Balaban J connectivity index is 2.16. The van der Waals surface area contributed by atoms with Gasteiger partial charge < -0.3 is 16.4 Å². The number of nitrogens with two attached hydrogens (primary N) is 1. The van der Waals surface area contributed by atoms with Crippen LogP contribution in [0.1, 0.15) is 26.7 Å². The first kappa shape index (κ1) is 13.1. The summed E-state index contributed by atoms with van der Waals surface area (Å²) < 4.78 is 26.9. The van der Waals surface area contributed by atoms with E-state index in [1.165, 1.54) is 6.07 Å². The van der Waals surface area contributed by atoms with E-state index in [9.17, 15) is 8.78 Å². The molecule has 0 bridgehead atoms. The van der Waals surface area contributed by atoms with Crippen LogP contribution in [-0.2, 0) is 0 Å². The second kappa shape index (κ2) is 5.10. The van der Waals surface area contributed by atoms with Crippen LogP contribution in [-0.4, -0.2) is 18.1 Å². The fraction of sp³-hybridized carbons (Fsp3) is 0.538. The molecule has 0 radical (unpaired) electrons. The number of benzene rings is 1. The number of piperidine rings is 1.